The molecule has 1 saturated heterocycles. The van der Waals surface area contributed by atoms with Gasteiger partial charge in [0, 0.05) is 37.9 Å². The van der Waals surface area contributed by atoms with Gasteiger partial charge in [0.05, 0.1) is 17.7 Å². The summed E-state index contributed by atoms with van der Waals surface area (Å²) < 4.78 is 59.0. The highest BCUT2D eigenvalue weighted by Gasteiger charge is 2.27. The van der Waals surface area contributed by atoms with E-state index in [1.165, 1.54) is 0 Å². The van der Waals surface area contributed by atoms with Crippen LogP contribution in [0.4, 0.5) is 20.5 Å². The molecule has 0 amide bonds. The van der Waals surface area contributed by atoms with E-state index >= 15 is 0 Å². The summed E-state index contributed by atoms with van der Waals surface area (Å²) in [5, 5.41) is 8.37. The number of hydrogen-bond acceptors (Lipinski definition) is 8. The molecule has 35 heavy (non-hydrogen) atoms. The van der Waals surface area contributed by atoms with Crippen LogP contribution in [0.15, 0.2) is 21.8 Å². The number of nitrogens with zero attached hydrogens (tertiary/aromatic N) is 4. The molecule has 4 rings (SSSR count). The zero-order chi connectivity index (χ0) is 25.2. The van der Waals surface area contributed by atoms with Gasteiger partial charge in [-0.25, -0.2) is 17.2 Å². The van der Waals surface area contributed by atoms with Gasteiger partial charge in [0.25, 0.3) is 0 Å². The van der Waals surface area contributed by atoms with Crippen molar-refractivity contribution in [2.45, 2.75) is 70.3 Å². The van der Waals surface area contributed by atoms with Crippen molar-refractivity contribution in [1.82, 2.24) is 10.1 Å². The molecule has 1 aromatic carbocycles. The van der Waals surface area contributed by atoms with Crippen molar-refractivity contribution in [3.05, 3.63) is 35.2 Å². The van der Waals surface area contributed by atoms with Crippen LogP contribution in [0.1, 0.15) is 75.6 Å². The first-order chi connectivity index (χ1) is 16.6. The minimum atomic E-state index is -3.70. The lowest BCUT2D eigenvalue weighted by atomic mass is 9.83. The van der Waals surface area contributed by atoms with Gasteiger partial charge in [0.1, 0.15) is 17.7 Å². The van der Waals surface area contributed by atoms with Crippen LogP contribution in [-0.2, 0) is 14.9 Å². The molecule has 0 spiro atoms. The van der Waals surface area contributed by atoms with Gasteiger partial charge in [0.2, 0.25) is 10.0 Å². The van der Waals surface area contributed by atoms with Gasteiger partial charge in [-0.05, 0) is 43.2 Å². The normalized spacial score (nSPS) is 19.8. The van der Waals surface area contributed by atoms with Crippen LogP contribution < -0.4 is 9.62 Å². The van der Waals surface area contributed by atoms with E-state index in [4.69, 9.17) is 9.36 Å². The molecule has 1 saturated carbocycles. The first-order valence-corrected chi connectivity index (χ1v) is 13.7. The highest BCUT2D eigenvalue weighted by molar-refractivity contribution is 7.92. The fourth-order valence-corrected chi connectivity index (χ4v) is 4.95. The molecule has 0 unspecified atom stereocenters. The van der Waals surface area contributed by atoms with Gasteiger partial charge >= 0.3 is 6.01 Å². The number of benzene rings is 1. The third-order valence-corrected chi connectivity index (χ3v) is 6.97. The third-order valence-electron chi connectivity index (χ3n) is 6.38. The van der Waals surface area contributed by atoms with E-state index in [9.17, 15) is 17.2 Å². The van der Waals surface area contributed by atoms with E-state index in [2.05, 4.69) is 20.2 Å². The lowest BCUT2D eigenvalue weighted by molar-refractivity contribution is 0.0401. The number of anilines is 2. The highest BCUT2D eigenvalue weighted by atomic mass is 32.2. The van der Waals surface area contributed by atoms with Gasteiger partial charge in [0.15, 0.2) is 5.82 Å². The molecule has 2 heterocycles. The van der Waals surface area contributed by atoms with Crippen LogP contribution >= 0.6 is 0 Å². The Hall–Kier alpha value is -2.76. The molecule has 2 fully saturated rings. The Bertz CT molecular complexity index is 1170. The molecule has 12 heteroatoms. The van der Waals surface area contributed by atoms with Crippen LogP contribution in [-0.4, -0.2) is 49.7 Å². The number of aromatic nitrogens is 2. The number of piperidine rings is 1. The van der Waals surface area contributed by atoms with E-state index in [0.29, 0.717) is 37.5 Å². The lowest BCUT2D eigenvalue weighted by Crippen LogP contribution is -2.36. The van der Waals surface area contributed by atoms with Crippen molar-refractivity contribution in [2.24, 2.45) is 5.16 Å². The Kier molecular flexibility index (Phi) is 7.58. The Morgan fingerprint density at radius 1 is 1.14 bits per heavy atom. The molecule has 2 aliphatic rings. The SMILES string of the molecule is CC(C)c1noc(N2CCC(ON=C3CCC(c4cc(F)c(NS(C)(=O)=O)cc4F)CC3)CC2)n1. The first kappa shape index (κ1) is 25.3. The van der Waals surface area contributed by atoms with Crippen molar-refractivity contribution in [2.75, 3.05) is 29.0 Å². The number of oxime groups is 1. The third kappa shape index (κ3) is 6.47. The van der Waals surface area contributed by atoms with E-state index in [1.807, 2.05) is 18.6 Å². The minimum Gasteiger partial charge on any atom is -0.392 e. The van der Waals surface area contributed by atoms with Crippen molar-refractivity contribution < 1.29 is 26.6 Å². The van der Waals surface area contributed by atoms with E-state index in [-0.39, 0.29) is 29.2 Å². The largest absolute Gasteiger partial charge is 0.392 e. The summed E-state index contributed by atoms with van der Waals surface area (Å²) in [6.07, 6.45) is 4.97. The average molecular weight is 512 g/mol. The molecule has 0 bridgehead atoms. The van der Waals surface area contributed by atoms with Gasteiger partial charge in [-0.15, -0.1) is 0 Å². The fraction of sp³-hybridized carbons (Fsp3) is 0.609. The van der Waals surface area contributed by atoms with Crippen LogP contribution in [0, 0.1) is 11.6 Å². The molecular formula is C23H31F2N5O4S. The van der Waals surface area contributed by atoms with E-state index in [0.717, 1.165) is 50.0 Å². The number of rotatable bonds is 7. The molecule has 1 N–H and O–H groups in total. The molecule has 1 aliphatic carbocycles. The second-order valence-corrected chi connectivity index (χ2v) is 11.3. The van der Waals surface area contributed by atoms with Gasteiger partial charge in [-0.1, -0.05) is 24.2 Å². The molecule has 192 valence electrons. The summed E-state index contributed by atoms with van der Waals surface area (Å²) in [5.74, 6) is -0.658. The van der Waals surface area contributed by atoms with Crippen molar-refractivity contribution in [3.8, 4) is 0 Å². The average Bonchev–Trinajstić information content (AvgIpc) is 3.31. The van der Waals surface area contributed by atoms with Crippen LogP contribution in [0.25, 0.3) is 0 Å². The molecule has 0 atom stereocenters. The summed E-state index contributed by atoms with van der Waals surface area (Å²) in [5.41, 5.74) is 0.791. The topological polar surface area (TPSA) is 110 Å². The van der Waals surface area contributed by atoms with Crippen LogP contribution in [0.3, 0.4) is 0 Å². The molecule has 9 nitrogen and oxygen atoms in total. The monoisotopic (exact) mass is 511 g/mol. The second-order valence-electron chi connectivity index (χ2n) is 9.54. The molecule has 2 aromatic rings. The summed E-state index contributed by atoms with van der Waals surface area (Å²) in [7, 11) is -3.70. The van der Waals surface area contributed by atoms with Gasteiger partial charge < -0.3 is 14.3 Å². The highest BCUT2D eigenvalue weighted by Crippen LogP contribution is 2.35. The zero-order valence-corrected chi connectivity index (χ0v) is 20.9. The number of sulfonamides is 1. The smallest absolute Gasteiger partial charge is 0.324 e. The maximum absolute atomic E-state index is 14.6. The fourth-order valence-electron chi connectivity index (χ4n) is 4.40. The maximum atomic E-state index is 14.6. The van der Waals surface area contributed by atoms with Crippen molar-refractivity contribution in [3.63, 3.8) is 0 Å². The van der Waals surface area contributed by atoms with E-state index in [1.54, 1.807) is 0 Å². The Labute approximate surface area is 204 Å². The molecule has 1 aromatic heterocycles. The predicted octanol–water partition coefficient (Wildman–Crippen LogP) is 4.54. The summed E-state index contributed by atoms with van der Waals surface area (Å²) in [6, 6.07) is 2.54. The number of nitrogens with one attached hydrogen (secondary N) is 1. The van der Waals surface area contributed by atoms with Crippen molar-refractivity contribution in [1.29, 1.82) is 0 Å². The standard InChI is InChI=1S/C23H31F2N5O4S/c1-14(2)22-26-23(34-28-22)30-10-8-17(9-11-30)33-27-16-6-4-15(5-7-16)18-12-20(25)21(13-19(18)24)29-35(3,31)32/h12-15,17,29H,4-11H2,1-3H3. The quantitative estimate of drug-likeness (QED) is 0.544. The Morgan fingerprint density at radius 3 is 2.43 bits per heavy atom. The van der Waals surface area contributed by atoms with E-state index < -0.39 is 21.7 Å². The minimum absolute atomic E-state index is 0.00499. The zero-order valence-electron chi connectivity index (χ0n) is 20.1. The van der Waals surface area contributed by atoms with Crippen LogP contribution in [0.5, 0.6) is 0 Å². The molecular weight excluding hydrogens is 480 g/mol. The molecule has 0 radical (unpaired) electrons. The van der Waals surface area contributed by atoms with Crippen LogP contribution in [0.2, 0.25) is 0 Å². The van der Waals surface area contributed by atoms with Gasteiger partial charge in [-0.3, -0.25) is 4.72 Å². The maximum Gasteiger partial charge on any atom is 0.324 e. The summed E-state index contributed by atoms with van der Waals surface area (Å²) in [6.45, 7) is 5.52. The number of halogens is 2. The first-order valence-electron chi connectivity index (χ1n) is 11.9. The summed E-state index contributed by atoms with van der Waals surface area (Å²) >= 11 is 0. The Balaban J connectivity index is 1.27. The second kappa shape index (κ2) is 10.5. The van der Waals surface area contributed by atoms with Gasteiger partial charge in [-0.2, -0.15) is 4.98 Å². The summed E-state index contributed by atoms with van der Waals surface area (Å²) in [4.78, 5) is 12.3. The Morgan fingerprint density at radius 2 is 1.83 bits per heavy atom. The number of hydrogen-bond donors (Lipinski definition) is 1. The molecule has 1 aliphatic heterocycles. The lowest BCUT2D eigenvalue weighted by Gasteiger charge is -2.29. The predicted molar refractivity (Wildman–Crippen MR) is 128 cm³/mol. The van der Waals surface area contributed by atoms with Crippen molar-refractivity contribution >= 4 is 27.4 Å².